The van der Waals surface area contributed by atoms with Crippen LogP contribution in [0.25, 0.3) is 0 Å². The molecule has 0 bridgehead atoms. The van der Waals surface area contributed by atoms with Crippen LogP contribution in [0.3, 0.4) is 0 Å². The van der Waals surface area contributed by atoms with Crippen molar-refractivity contribution in [3.63, 3.8) is 0 Å². The second-order valence-electron chi connectivity index (χ2n) is 7.21. The van der Waals surface area contributed by atoms with Crippen LogP contribution in [-0.4, -0.2) is 29.3 Å². The fourth-order valence-corrected chi connectivity index (χ4v) is 3.59. The maximum absolute atomic E-state index is 13.2. The molecule has 6 heteroatoms. The average molecular weight is 435 g/mol. The van der Waals surface area contributed by atoms with Gasteiger partial charge in [0.25, 0.3) is 0 Å². The lowest BCUT2D eigenvalue weighted by atomic mass is 10.1. The van der Waals surface area contributed by atoms with Gasteiger partial charge in [-0.2, -0.15) is 0 Å². The summed E-state index contributed by atoms with van der Waals surface area (Å²) in [5.41, 5.74) is 2.63. The van der Waals surface area contributed by atoms with Crippen molar-refractivity contribution in [1.29, 1.82) is 0 Å². The lowest BCUT2D eigenvalue weighted by molar-refractivity contribution is -0.140. The van der Waals surface area contributed by atoms with Crippen LogP contribution in [0.15, 0.2) is 42.5 Å². The van der Waals surface area contributed by atoms with Crippen molar-refractivity contribution in [2.45, 2.75) is 52.6 Å². The maximum Gasteiger partial charge on any atom is 0.242 e. The summed E-state index contributed by atoms with van der Waals surface area (Å²) in [6.07, 6.45) is 2.09. The number of carbonyl (C=O) groups is 2. The molecule has 0 heterocycles. The zero-order chi connectivity index (χ0) is 21.4. The maximum atomic E-state index is 13.2. The van der Waals surface area contributed by atoms with E-state index in [-0.39, 0.29) is 24.8 Å². The van der Waals surface area contributed by atoms with Crippen molar-refractivity contribution in [2.75, 3.05) is 6.54 Å². The molecule has 0 saturated carbocycles. The van der Waals surface area contributed by atoms with Gasteiger partial charge in [-0.1, -0.05) is 72.4 Å². The quantitative estimate of drug-likeness (QED) is 0.552. The monoisotopic (exact) mass is 434 g/mol. The number of hydrogen-bond acceptors (Lipinski definition) is 2. The Balaban J connectivity index is 2.26. The van der Waals surface area contributed by atoms with E-state index in [0.717, 1.165) is 24.0 Å². The smallest absolute Gasteiger partial charge is 0.242 e. The Morgan fingerprint density at radius 2 is 1.76 bits per heavy atom. The molecule has 29 heavy (non-hydrogen) atoms. The van der Waals surface area contributed by atoms with Gasteiger partial charge in [-0.15, -0.1) is 0 Å². The molecule has 2 amide bonds. The first-order valence-corrected chi connectivity index (χ1v) is 10.6. The number of nitrogens with zero attached hydrogens (tertiary/aromatic N) is 1. The lowest BCUT2D eigenvalue weighted by Gasteiger charge is -2.29. The molecular weight excluding hydrogens is 407 g/mol. The minimum absolute atomic E-state index is 0.148. The van der Waals surface area contributed by atoms with Crippen LogP contribution in [-0.2, 0) is 22.6 Å². The van der Waals surface area contributed by atoms with Gasteiger partial charge >= 0.3 is 0 Å². The van der Waals surface area contributed by atoms with Gasteiger partial charge in [0.05, 0.1) is 6.42 Å². The minimum atomic E-state index is -0.642. The fourth-order valence-electron chi connectivity index (χ4n) is 3.07. The van der Waals surface area contributed by atoms with Crippen LogP contribution in [0.4, 0.5) is 0 Å². The molecule has 4 nitrogen and oxygen atoms in total. The molecule has 1 N–H and O–H groups in total. The van der Waals surface area contributed by atoms with E-state index in [1.807, 2.05) is 31.2 Å². The van der Waals surface area contributed by atoms with Gasteiger partial charge in [0.2, 0.25) is 11.8 Å². The van der Waals surface area contributed by atoms with E-state index in [4.69, 9.17) is 23.2 Å². The van der Waals surface area contributed by atoms with Crippen LogP contribution >= 0.6 is 23.2 Å². The Hall–Kier alpha value is -2.04. The number of carbonyl (C=O) groups excluding carboxylic acids is 2. The lowest BCUT2D eigenvalue weighted by Crippen LogP contribution is -2.48. The summed E-state index contributed by atoms with van der Waals surface area (Å²) in [6, 6.07) is 12.4. The van der Waals surface area contributed by atoms with Crippen molar-refractivity contribution in [1.82, 2.24) is 10.2 Å². The highest BCUT2D eigenvalue weighted by atomic mass is 35.5. The Morgan fingerprint density at radius 3 is 2.38 bits per heavy atom. The first kappa shape index (κ1) is 23.2. The molecule has 0 aromatic heterocycles. The highest BCUT2D eigenvalue weighted by Gasteiger charge is 2.27. The molecule has 156 valence electrons. The van der Waals surface area contributed by atoms with E-state index in [1.54, 1.807) is 30.0 Å². The normalized spacial score (nSPS) is 11.8. The molecule has 1 atom stereocenters. The Bertz CT molecular complexity index is 834. The van der Waals surface area contributed by atoms with E-state index in [1.165, 1.54) is 0 Å². The molecule has 0 radical (unpaired) electrons. The molecule has 2 aromatic carbocycles. The van der Waals surface area contributed by atoms with Gasteiger partial charge < -0.3 is 10.2 Å². The predicted molar refractivity (Wildman–Crippen MR) is 119 cm³/mol. The van der Waals surface area contributed by atoms with Crippen molar-refractivity contribution in [2.24, 2.45) is 0 Å². The van der Waals surface area contributed by atoms with Crippen molar-refractivity contribution < 1.29 is 9.59 Å². The number of benzene rings is 2. The van der Waals surface area contributed by atoms with Gasteiger partial charge in [0.15, 0.2) is 0 Å². The third-order valence-electron chi connectivity index (χ3n) is 4.82. The summed E-state index contributed by atoms with van der Waals surface area (Å²) in [4.78, 5) is 27.4. The first-order chi connectivity index (χ1) is 13.8. The largest absolute Gasteiger partial charge is 0.354 e. The van der Waals surface area contributed by atoms with E-state index < -0.39 is 6.04 Å². The molecule has 0 spiro atoms. The third kappa shape index (κ3) is 6.76. The summed E-state index contributed by atoms with van der Waals surface area (Å²) in [6.45, 7) is 6.55. The van der Waals surface area contributed by atoms with Crippen molar-refractivity contribution in [3.05, 3.63) is 69.2 Å². The van der Waals surface area contributed by atoms with Crippen LogP contribution in [0.5, 0.6) is 0 Å². The van der Waals surface area contributed by atoms with Gasteiger partial charge in [-0.3, -0.25) is 9.59 Å². The molecule has 0 aliphatic carbocycles. The number of rotatable bonds is 9. The van der Waals surface area contributed by atoms with Gasteiger partial charge in [0.1, 0.15) is 6.04 Å². The standard InChI is InChI=1S/C23H28Cl2N2O2/c1-4-5-12-26-23(29)17(3)27(15-19-20(24)10-7-11-21(19)25)22(28)14-18-9-6-8-16(2)13-18/h6-11,13,17H,4-5,12,14-15H2,1-3H3,(H,26,29)/t17-/m1/s1. The van der Waals surface area contributed by atoms with E-state index in [2.05, 4.69) is 12.2 Å². The zero-order valence-corrected chi connectivity index (χ0v) is 18.7. The number of unbranched alkanes of at least 4 members (excludes halogenated alkanes) is 1. The molecule has 2 rings (SSSR count). The zero-order valence-electron chi connectivity index (χ0n) is 17.2. The topological polar surface area (TPSA) is 49.4 Å². The van der Waals surface area contributed by atoms with Gasteiger partial charge in [-0.05, 0) is 38.0 Å². The number of hydrogen-bond donors (Lipinski definition) is 1. The highest BCUT2D eigenvalue weighted by molar-refractivity contribution is 6.36. The van der Waals surface area contributed by atoms with Crippen LogP contribution in [0.1, 0.15) is 43.4 Å². The molecule has 0 saturated heterocycles. The molecule has 0 fully saturated rings. The summed E-state index contributed by atoms with van der Waals surface area (Å²) >= 11 is 12.6. The number of amides is 2. The van der Waals surface area contributed by atoms with E-state index >= 15 is 0 Å². The van der Waals surface area contributed by atoms with Gasteiger partial charge in [0, 0.05) is 28.7 Å². The summed E-state index contributed by atoms with van der Waals surface area (Å²) in [5, 5.41) is 3.86. The molecule has 0 aliphatic heterocycles. The van der Waals surface area contributed by atoms with Crippen LogP contribution in [0, 0.1) is 6.92 Å². The Labute approximate surface area is 183 Å². The SMILES string of the molecule is CCCCNC(=O)[C@@H](C)N(Cc1c(Cl)cccc1Cl)C(=O)Cc1cccc(C)c1. The molecular formula is C23H28Cl2N2O2. The molecule has 0 aliphatic rings. The molecule has 2 aromatic rings. The van der Waals surface area contributed by atoms with Crippen molar-refractivity contribution in [3.8, 4) is 0 Å². The molecule has 0 unspecified atom stereocenters. The van der Waals surface area contributed by atoms with Crippen LogP contribution < -0.4 is 5.32 Å². The number of aryl methyl sites for hydroxylation is 1. The average Bonchev–Trinajstić information content (AvgIpc) is 2.67. The summed E-state index contributed by atoms with van der Waals surface area (Å²) in [7, 11) is 0. The van der Waals surface area contributed by atoms with Gasteiger partial charge in [-0.25, -0.2) is 0 Å². The first-order valence-electron chi connectivity index (χ1n) is 9.89. The van der Waals surface area contributed by atoms with E-state index in [0.29, 0.717) is 22.2 Å². The van der Waals surface area contributed by atoms with E-state index in [9.17, 15) is 9.59 Å². The van der Waals surface area contributed by atoms with Crippen LogP contribution in [0.2, 0.25) is 10.0 Å². The highest BCUT2D eigenvalue weighted by Crippen LogP contribution is 2.27. The Kier molecular flexibility index (Phi) is 8.99. The minimum Gasteiger partial charge on any atom is -0.354 e. The predicted octanol–water partition coefficient (Wildman–Crippen LogP) is 5.18. The van der Waals surface area contributed by atoms with Crippen molar-refractivity contribution >= 4 is 35.0 Å². The summed E-state index contributed by atoms with van der Waals surface area (Å²) in [5.74, 6) is -0.330. The Morgan fingerprint density at radius 1 is 1.10 bits per heavy atom. The number of halogens is 2. The summed E-state index contributed by atoms with van der Waals surface area (Å²) < 4.78 is 0. The fraction of sp³-hybridized carbons (Fsp3) is 0.391. The second kappa shape index (κ2) is 11.2. The third-order valence-corrected chi connectivity index (χ3v) is 5.53. The second-order valence-corrected chi connectivity index (χ2v) is 8.02. The number of nitrogens with one attached hydrogen (secondary N) is 1.